The number of alkyl halides is 2. The van der Waals surface area contributed by atoms with E-state index in [2.05, 4.69) is 0 Å². The summed E-state index contributed by atoms with van der Waals surface area (Å²) in [6.07, 6.45) is -1.26. The van der Waals surface area contributed by atoms with Gasteiger partial charge in [0.15, 0.2) is 0 Å². The molecule has 0 aliphatic rings. The summed E-state index contributed by atoms with van der Waals surface area (Å²) in [5.41, 5.74) is 0. The van der Waals surface area contributed by atoms with Crippen LogP contribution in [-0.2, 0) is 14.2 Å². The average Bonchev–Trinajstić information content (AvgIpc) is 2.35. The van der Waals surface area contributed by atoms with Crippen molar-refractivity contribution in [3.8, 4) is 0 Å². The van der Waals surface area contributed by atoms with Crippen LogP contribution in [0.15, 0.2) is 0 Å². The van der Waals surface area contributed by atoms with Crippen molar-refractivity contribution in [1.29, 1.82) is 0 Å². The molecular formula is C10H20Cl2O5. The molecule has 2 unspecified atom stereocenters. The lowest BCUT2D eigenvalue weighted by atomic mass is 10.4. The van der Waals surface area contributed by atoms with Gasteiger partial charge in [0.1, 0.15) is 0 Å². The normalized spacial score (nSPS) is 14.8. The standard InChI is InChI=1S/C10H20Cl2O5/c11-5-9(13)7-16-3-1-15-2-4-17-8-10(14)6-12/h9-10,13-14H,1-8H2. The molecule has 0 spiro atoms. The Hall–Kier alpha value is 0.380. The third kappa shape index (κ3) is 12.6. The van der Waals surface area contributed by atoms with Crippen molar-refractivity contribution in [3.63, 3.8) is 0 Å². The van der Waals surface area contributed by atoms with Crippen LogP contribution in [0.1, 0.15) is 0 Å². The molecule has 0 heterocycles. The lowest BCUT2D eigenvalue weighted by Gasteiger charge is -2.09. The van der Waals surface area contributed by atoms with E-state index in [4.69, 9.17) is 47.6 Å². The van der Waals surface area contributed by atoms with Gasteiger partial charge in [0.25, 0.3) is 0 Å². The van der Waals surface area contributed by atoms with Crippen LogP contribution in [-0.4, -0.2) is 73.8 Å². The first-order chi connectivity index (χ1) is 8.20. The zero-order chi connectivity index (χ0) is 12.9. The number of rotatable bonds is 12. The van der Waals surface area contributed by atoms with Gasteiger partial charge in [-0.05, 0) is 0 Å². The predicted molar refractivity (Wildman–Crippen MR) is 65.9 cm³/mol. The van der Waals surface area contributed by atoms with E-state index in [1.54, 1.807) is 0 Å². The Kier molecular flexibility index (Phi) is 13.1. The molecule has 0 radical (unpaired) electrons. The molecule has 17 heavy (non-hydrogen) atoms. The quantitative estimate of drug-likeness (QED) is 0.398. The number of aliphatic hydroxyl groups excluding tert-OH is 2. The molecule has 0 amide bonds. The third-order valence-electron chi connectivity index (χ3n) is 1.72. The topological polar surface area (TPSA) is 68.2 Å². The first kappa shape index (κ1) is 17.4. The Morgan fingerprint density at radius 2 is 1.06 bits per heavy atom. The van der Waals surface area contributed by atoms with Gasteiger partial charge in [-0.1, -0.05) is 0 Å². The smallest absolute Gasteiger partial charge is 0.0908 e. The van der Waals surface area contributed by atoms with Crippen molar-refractivity contribution in [2.45, 2.75) is 12.2 Å². The summed E-state index contributed by atoms with van der Waals surface area (Å²) in [5.74, 6) is 0.329. The Morgan fingerprint density at radius 3 is 1.41 bits per heavy atom. The van der Waals surface area contributed by atoms with Crippen LogP contribution in [0.5, 0.6) is 0 Å². The Labute approximate surface area is 112 Å². The summed E-state index contributed by atoms with van der Waals surface area (Å²) in [6.45, 7) is 2.08. The van der Waals surface area contributed by atoms with E-state index in [-0.39, 0.29) is 25.0 Å². The third-order valence-corrected chi connectivity index (χ3v) is 2.43. The molecule has 0 aromatic carbocycles. The highest BCUT2D eigenvalue weighted by Gasteiger charge is 2.02. The van der Waals surface area contributed by atoms with E-state index >= 15 is 0 Å². The van der Waals surface area contributed by atoms with Crippen molar-refractivity contribution in [2.24, 2.45) is 0 Å². The van der Waals surface area contributed by atoms with Crippen molar-refractivity contribution in [2.75, 3.05) is 51.4 Å². The number of halogens is 2. The maximum Gasteiger partial charge on any atom is 0.0908 e. The largest absolute Gasteiger partial charge is 0.389 e. The summed E-state index contributed by atoms with van der Waals surface area (Å²) < 4.78 is 15.4. The average molecular weight is 291 g/mol. The van der Waals surface area contributed by atoms with Gasteiger partial charge in [-0.25, -0.2) is 0 Å². The fraction of sp³-hybridized carbons (Fsp3) is 1.00. The fourth-order valence-electron chi connectivity index (χ4n) is 0.866. The Morgan fingerprint density at radius 1 is 0.706 bits per heavy atom. The first-order valence-electron chi connectivity index (χ1n) is 5.42. The zero-order valence-electron chi connectivity index (χ0n) is 9.69. The summed E-state index contributed by atoms with van der Waals surface area (Å²) in [7, 11) is 0. The van der Waals surface area contributed by atoms with E-state index in [9.17, 15) is 0 Å². The fourth-order valence-corrected chi connectivity index (χ4v) is 1.04. The summed E-state index contributed by atoms with van der Waals surface area (Å²) in [5, 5.41) is 18.1. The van der Waals surface area contributed by atoms with Crippen molar-refractivity contribution in [3.05, 3.63) is 0 Å². The van der Waals surface area contributed by atoms with Gasteiger partial charge in [-0.15, -0.1) is 23.2 Å². The summed E-state index contributed by atoms with van der Waals surface area (Å²) >= 11 is 10.8. The summed E-state index contributed by atoms with van der Waals surface area (Å²) in [6, 6.07) is 0. The molecule has 0 bridgehead atoms. The van der Waals surface area contributed by atoms with Gasteiger partial charge in [0.2, 0.25) is 0 Å². The van der Waals surface area contributed by atoms with E-state index < -0.39 is 12.2 Å². The van der Waals surface area contributed by atoms with Crippen LogP contribution in [0.25, 0.3) is 0 Å². The second kappa shape index (κ2) is 12.8. The molecule has 2 N–H and O–H groups in total. The minimum Gasteiger partial charge on any atom is -0.389 e. The minimum atomic E-state index is -0.628. The zero-order valence-corrected chi connectivity index (χ0v) is 11.2. The van der Waals surface area contributed by atoms with Crippen LogP contribution in [0, 0.1) is 0 Å². The predicted octanol–water partition coefficient (Wildman–Crippen LogP) is 0.236. The van der Waals surface area contributed by atoms with Crippen molar-refractivity contribution < 1.29 is 24.4 Å². The van der Waals surface area contributed by atoms with E-state index in [0.717, 1.165) is 0 Å². The summed E-state index contributed by atoms with van der Waals surface area (Å²) in [4.78, 5) is 0. The lowest BCUT2D eigenvalue weighted by Crippen LogP contribution is -2.20. The number of hydrogen-bond donors (Lipinski definition) is 2. The SMILES string of the molecule is OC(CCl)COCCOCCOCC(O)CCl. The van der Waals surface area contributed by atoms with Gasteiger partial charge < -0.3 is 24.4 Å². The first-order valence-corrected chi connectivity index (χ1v) is 6.49. The van der Waals surface area contributed by atoms with E-state index in [1.807, 2.05) is 0 Å². The minimum absolute atomic E-state index is 0.164. The van der Waals surface area contributed by atoms with Crippen LogP contribution in [0.2, 0.25) is 0 Å². The highest BCUT2D eigenvalue weighted by molar-refractivity contribution is 6.18. The van der Waals surface area contributed by atoms with Crippen molar-refractivity contribution >= 4 is 23.2 Å². The highest BCUT2D eigenvalue weighted by Crippen LogP contribution is 1.90. The number of aliphatic hydroxyl groups is 2. The number of hydrogen-bond acceptors (Lipinski definition) is 5. The molecule has 0 rings (SSSR count). The van der Waals surface area contributed by atoms with Crippen LogP contribution >= 0.6 is 23.2 Å². The van der Waals surface area contributed by atoms with Gasteiger partial charge in [0.05, 0.1) is 63.6 Å². The molecule has 2 atom stereocenters. The monoisotopic (exact) mass is 290 g/mol. The van der Waals surface area contributed by atoms with Gasteiger partial charge in [-0.3, -0.25) is 0 Å². The molecule has 104 valence electrons. The molecule has 7 heteroatoms. The second-order valence-corrected chi connectivity index (χ2v) is 4.00. The van der Waals surface area contributed by atoms with Crippen LogP contribution in [0.4, 0.5) is 0 Å². The molecule has 0 fully saturated rings. The molecule has 0 aromatic rings. The van der Waals surface area contributed by atoms with E-state index in [0.29, 0.717) is 26.4 Å². The lowest BCUT2D eigenvalue weighted by molar-refractivity contribution is -0.0161. The Bertz CT molecular complexity index is 146. The van der Waals surface area contributed by atoms with Gasteiger partial charge >= 0.3 is 0 Å². The second-order valence-electron chi connectivity index (χ2n) is 3.38. The molecule has 5 nitrogen and oxygen atoms in total. The van der Waals surface area contributed by atoms with Crippen LogP contribution in [0.3, 0.4) is 0 Å². The van der Waals surface area contributed by atoms with Gasteiger partial charge in [-0.2, -0.15) is 0 Å². The van der Waals surface area contributed by atoms with Gasteiger partial charge in [0, 0.05) is 0 Å². The molecule has 0 aliphatic heterocycles. The molecular weight excluding hydrogens is 271 g/mol. The molecule has 0 aromatic heterocycles. The highest BCUT2D eigenvalue weighted by atomic mass is 35.5. The molecule has 0 aliphatic carbocycles. The molecule has 0 saturated carbocycles. The van der Waals surface area contributed by atoms with Crippen molar-refractivity contribution in [1.82, 2.24) is 0 Å². The number of ether oxygens (including phenoxy) is 3. The Balaban J connectivity index is 3.04. The molecule has 0 saturated heterocycles. The van der Waals surface area contributed by atoms with Crippen LogP contribution < -0.4 is 0 Å². The maximum atomic E-state index is 9.05. The van der Waals surface area contributed by atoms with E-state index in [1.165, 1.54) is 0 Å². The maximum absolute atomic E-state index is 9.05.